The molecule has 2 rings (SSSR count). The van der Waals surface area contributed by atoms with Crippen molar-refractivity contribution in [2.75, 3.05) is 0 Å². The average Bonchev–Trinajstić information content (AvgIpc) is 2.64. The first kappa shape index (κ1) is 16.1. The van der Waals surface area contributed by atoms with Crippen molar-refractivity contribution in [3.63, 3.8) is 0 Å². The minimum Gasteiger partial charge on any atom is -0.409 e. The van der Waals surface area contributed by atoms with Crippen molar-refractivity contribution in [1.82, 2.24) is 0 Å². The van der Waals surface area contributed by atoms with Crippen LogP contribution in [0.4, 0.5) is 0 Å². The fourth-order valence-electron chi connectivity index (χ4n) is 3.96. The number of rotatable bonds is 4. The molecule has 1 heterocycles. The molecule has 0 spiro atoms. The molecule has 0 radical (unpaired) electrons. The third-order valence-electron chi connectivity index (χ3n) is 5.11. The van der Waals surface area contributed by atoms with E-state index >= 15 is 0 Å². The van der Waals surface area contributed by atoms with E-state index in [1.807, 2.05) is 6.08 Å². The van der Waals surface area contributed by atoms with E-state index in [2.05, 4.69) is 40.9 Å². The van der Waals surface area contributed by atoms with Crippen LogP contribution >= 0.6 is 11.6 Å². The molecule has 0 N–H and O–H groups in total. The second kappa shape index (κ2) is 5.82. The monoisotopic (exact) mass is 310 g/mol. The Kier molecular flexibility index (Phi) is 4.68. The Balaban J connectivity index is 2.42. The summed E-state index contributed by atoms with van der Waals surface area (Å²) in [5.74, 6) is 0.560. The molecule has 1 nitrogen and oxygen atoms in total. The van der Waals surface area contributed by atoms with Crippen molar-refractivity contribution < 1.29 is 4.43 Å². The van der Waals surface area contributed by atoms with Crippen molar-refractivity contribution in [3.8, 4) is 0 Å². The van der Waals surface area contributed by atoms with Crippen LogP contribution in [0.1, 0.15) is 40.5 Å². The molecule has 2 aliphatic rings. The molecule has 1 aliphatic carbocycles. The maximum Gasteiger partial charge on any atom is 0.199 e. The van der Waals surface area contributed by atoms with Gasteiger partial charge in [-0.15, -0.1) is 6.58 Å². The topological polar surface area (TPSA) is 9.23 Å². The second-order valence-corrected chi connectivity index (χ2v) is 12.1. The Morgan fingerprint density at radius 3 is 2.45 bits per heavy atom. The normalized spacial score (nSPS) is 29.2. The third-order valence-corrected chi connectivity index (χ3v) is 11.4. The summed E-state index contributed by atoms with van der Waals surface area (Å²) in [4.78, 5) is 0. The van der Waals surface area contributed by atoms with Crippen LogP contribution in [0.3, 0.4) is 0 Å². The quantitative estimate of drug-likeness (QED) is 0.471. The van der Waals surface area contributed by atoms with Gasteiger partial charge in [-0.2, -0.15) is 0 Å². The van der Waals surface area contributed by atoms with E-state index in [4.69, 9.17) is 16.0 Å². The highest BCUT2D eigenvalue weighted by Gasteiger charge is 2.52. The van der Waals surface area contributed by atoms with Crippen molar-refractivity contribution >= 4 is 19.9 Å². The van der Waals surface area contributed by atoms with Gasteiger partial charge in [-0.05, 0) is 47.0 Å². The molecular weight excluding hydrogens is 284 g/mol. The Bertz CT molecular complexity index is 442. The summed E-state index contributed by atoms with van der Waals surface area (Å²) in [6.07, 6.45) is 3.99. The largest absolute Gasteiger partial charge is 0.409 e. The van der Waals surface area contributed by atoms with Crippen LogP contribution in [0.2, 0.25) is 17.1 Å². The molecule has 3 heteroatoms. The summed E-state index contributed by atoms with van der Waals surface area (Å²) in [7, 11) is -1.76. The van der Waals surface area contributed by atoms with E-state index in [1.54, 1.807) is 0 Å². The van der Waals surface area contributed by atoms with Gasteiger partial charge in [0.1, 0.15) is 0 Å². The van der Waals surface area contributed by atoms with Gasteiger partial charge in [0.25, 0.3) is 0 Å². The first-order chi connectivity index (χ1) is 9.33. The molecule has 2 unspecified atom stereocenters. The molecule has 2 atom stereocenters. The van der Waals surface area contributed by atoms with Crippen molar-refractivity contribution in [2.24, 2.45) is 5.92 Å². The lowest BCUT2D eigenvalue weighted by Crippen LogP contribution is -2.53. The molecular formula is C17H27ClOSi. The number of allylic oxidation sites excluding steroid dienone is 2. The number of hydrogen-bond acceptors (Lipinski definition) is 1. The molecule has 1 saturated heterocycles. The zero-order valence-corrected chi connectivity index (χ0v) is 15.0. The Labute approximate surface area is 129 Å². The molecule has 0 aromatic rings. The van der Waals surface area contributed by atoms with Gasteiger partial charge >= 0.3 is 0 Å². The van der Waals surface area contributed by atoms with Crippen LogP contribution in [-0.2, 0) is 4.43 Å². The predicted molar refractivity (Wildman–Crippen MR) is 90.6 cm³/mol. The molecule has 0 bridgehead atoms. The number of fused-ring (bicyclic) bond motifs is 1. The molecule has 1 fully saturated rings. The van der Waals surface area contributed by atoms with Gasteiger partial charge in [-0.25, -0.2) is 0 Å². The molecule has 0 saturated carbocycles. The summed E-state index contributed by atoms with van der Waals surface area (Å²) in [6.45, 7) is 17.4. The first-order valence-electron chi connectivity index (χ1n) is 7.69. The van der Waals surface area contributed by atoms with Gasteiger partial charge in [-0.1, -0.05) is 52.0 Å². The summed E-state index contributed by atoms with van der Waals surface area (Å²) in [5, 5.41) is 0.886. The maximum absolute atomic E-state index is 6.75. The number of hydrogen-bond donors (Lipinski definition) is 0. The zero-order chi connectivity index (χ0) is 15.1. The van der Waals surface area contributed by atoms with E-state index in [0.717, 1.165) is 23.4 Å². The van der Waals surface area contributed by atoms with E-state index < -0.39 is 8.32 Å². The number of halogens is 1. The summed E-state index contributed by atoms with van der Waals surface area (Å²) >= 11 is 6.50. The SMILES string of the molecule is C=CCC1O[Si](C(C)C)(C(C)C)CC2CC(=C)C(Cl)=C21. The van der Waals surface area contributed by atoms with Crippen molar-refractivity contribution in [2.45, 2.75) is 63.8 Å². The van der Waals surface area contributed by atoms with Crippen LogP contribution in [0.25, 0.3) is 0 Å². The first-order valence-corrected chi connectivity index (χ1v) is 10.3. The summed E-state index contributed by atoms with van der Waals surface area (Å²) in [5.41, 5.74) is 3.66. The maximum atomic E-state index is 6.75. The molecule has 112 valence electrons. The van der Waals surface area contributed by atoms with Crippen LogP contribution < -0.4 is 0 Å². The van der Waals surface area contributed by atoms with Crippen LogP contribution in [0, 0.1) is 5.92 Å². The lowest BCUT2D eigenvalue weighted by Gasteiger charge is -2.48. The standard InChI is InChI=1S/C17H27ClOSi/c1-7-8-15-16-14(9-13(6)17(16)18)10-20(19-15,11(2)3)12(4)5/h7,11-12,14-15H,1,6,8-10H2,2-5H3. The Morgan fingerprint density at radius 2 is 1.95 bits per heavy atom. The fraction of sp³-hybridized carbons (Fsp3) is 0.647. The second-order valence-electron chi connectivity index (χ2n) is 6.87. The van der Waals surface area contributed by atoms with Gasteiger partial charge < -0.3 is 4.43 Å². The summed E-state index contributed by atoms with van der Waals surface area (Å²) in [6, 6.07) is 1.19. The minimum atomic E-state index is -1.76. The highest BCUT2D eigenvalue weighted by molar-refractivity contribution is 6.76. The fourth-order valence-corrected chi connectivity index (χ4v) is 9.12. The van der Waals surface area contributed by atoms with E-state index in [1.165, 1.54) is 11.6 Å². The van der Waals surface area contributed by atoms with Gasteiger partial charge in [0.2, 0.25) is 0 Å². The van der Waals surface area contributed by atoms with Gasteiger partial charge in [0, 0.05) is 5.03 Å². The molecule has 0 aromatic carbocycles. The zero-order valence-electron chi connectivity index (χ0n) is 13.2. The highest BCUT2D eigenvalue weighted by Crippen LogP contribution is 2.53. The average molecular weight is 311 g/mol. The van der Waals surface area contributed by atoms with E-state index in [-0.39, 0.29) is 6.10 Å². The predicted octanol–water partition coefficient (Wildman–Crippen LogP) is 5.80. The lowest BCUT2D eigenvalue weighted by molar-refractivity contribution is 0.180. The summed E-state index contributed by atoms with van der Waals surface area (Å²) < 4.78 is 6.75. The Morgan fingerprint density at radius 1 is 1.35 bits per heavy atom. The van der Waals surface area contributed by atoms with Gasteiger partial charge in [0.15, 0.2) is 8.32 Å². The van der Waals surface area contributed by atoms with Crippen molar-refractivity contribution in [3.05, 3.63) is 35.4 Å². The Hall–Kier alpha value is -0.313. The molecule has 20 heavy (non-hydrogen) atoms. The lowest BCUT2D eigenvalue weighted by atomic mass is 9.96. The van der Waals surface area contributed by atoms with E-state index in [0.29, 0.717) is 17.0 Å². The minimum absolute atomic E-state index is 0.134. The third kappa shape index (κ3) is 2.47. The van der Waals surface area contributed by atoms with Gasteiger partial charge in [0.05, 0.1) is 6.10 Å². The molecule has 0 amide bonds. The molecule has 1 aliphatic heterocycles. The smallest absolute Gasteiger partial charge is 0.199 e. The van der Waals surface area contributed by atoms with Gasteiger partial charge in [-0.3, -0.25) is 0 Å². The van der Waals surface area contributed by atoms with Crippen LogP contribution in [-0.4, -0.2) is 14.4 Å². The highest BCUT2D eigenvalue weighted by atomic mass is 35.5. The van der Waals surface area contributed by atoms with E-state index in [9.17, 15) is 0 Å². The molecule has 0 aromatic heterocycles. The van der Waals surface area contributed by atoms with Crippen LogP contribution in [0.15, 0.2) is 35.4 Å². The van der Waals surface area contributed by atoms with Crippen molar-refractivity contribution in [1.29, 1.82) is 0 Å². The van der Waals surface area contributed by atoms with Crippen LogP contribution in [0.5, 0.6) is 0 Å².